The monoisotopic (exact) mass is 305 g/mol. The maximum Gasteiger partial charge on any atom is 0.305 e. The first-order valence-electron chi connectivity index (χ1n) is 7.15. The highest BCUT2D eigenvalue weighted by Crippen LogP contribution is 2.25. The standard InChI is InChI=1S/C16H19NO5/c1-11(18)12-2-4-13(5-3-12)15(21)17-16(10-14(19)20)6-8-22-9-7-16/h2-5H,6-10H2,1H3,(H,17,21)(H,19,20). The Hall–Kier alpha value is -2.21. The van der Waals surface area contributed by atoms with Crippen LogP contribution in [-0.2, 0) is 9.53 Å². The minimum atomic E-state index is -0.950. The highest BCUT2D eigenvalue weighted by atomic mass is 16.5. The summed E-state index contributed by atoms with van der Waals surface area (Å²) in [5, 5.41) is 11.9. The van der Waals surface area contributed by atoms with Crippen molar-refractivity contribution in [2.24, 2.45) is 0 Å². The van der Waals surface area contributed by atoms with Crippen LogP contribution < -0.4 is 5.32 Å². The molecule has 6 heteroatoms. The van der Waals surface area contributed by atoms with Crippen LogP contribution in [0.15, 0.2) is 24.3 Å². The molecule has 6 nitrogen and oxygen atoms in total. The molecule has 0 saturated carbocycles. The molecule has 1 aliphatic heterocycles. The molecule has 1 saturated heterocycles. The van der Waals surface area contributed by atoms with Crippen LogP contribution in [0.1, 0.15) is 46.9 Å². The van der Waals surface area contributed by atoms with E-state index in [1.165, 1.54) is 6.92 Å². The highest BCUT2D eigenvalue weighted by Gasteiger charge is 2.36. The molecule has 1 heterocycles. The van der Waals surface area contributed by atoms with Gasteiger partial charge in [0.1, 0.15) is 0 Å². The van der Waals surface area contributed by atoms with Crippen molar-refractivity contribution in [2.75, 3.05) is 13.2 Å². The fraction of sp³-hybridized carbons (Fsp3) is 0.438. The first-order chi connectivity index (χ1) is 10.4. The molecular weight excluding hydrogens is 286 g/mol. The van der Waals surface area contributed by atoms with Gasteiger partial charge in [-0.1, -0.05) is 12.1 Å². The second-order valence-corrected chi connectivity index (χ2v) is 5.55. The van der Waals surface area contributed by atoms with Crippen molar-refractivity contribution >= 4 is 17.7 Å². The predicted molar refractivity (Wildman–Crippen MR) is 78.9 cm³/mol. The molecule has 0 bridgehead atoms. The van der Waals surface area contributed by atoms with Crippen LogP contribution in [0.25, 0.3) is 0 Å². The summed E-state index contributed by atoms with van der Waals surface area (Å²) in [6.45, 7) is 2.31. The summed E-state index contributed by atoms with van der Waals surface area (Å²) in [5.74, 6) is -1.36. The molecule has 0 unspecified atom stereocenters. The zero-order valence-corrected chi connectivity index (χ0v) is 12.4. The van der Waals surface area contributed by atoms with Crippen molar-refractivity contribution in [2.45, 2.75) is 31.7 Å². The maximum atomic E-state index is 12.4. The second kappa shape index (κ2) is 6.70. The summed E-state index contributed by atoms with van der Waals surface area (Å²) in [6.07, 6.45) is 0.806. The van der Waals surface area contributed by atoms with Gasteiger partial charge < -0.3 is 15.2 Å². The summed E-state index contributed by atoms with van der Waals surface area (Å²) >= 11 is 0. The van der Waals surface area contributed by atoms with Gasteiger partial charge in [0.15, 0.2) is 5.78 Å². The summed E-state index contributed by atoms with van der Waals surface area (Å²) in [5.41, 5.74) is 0.157. The van der Waals surface area contributed by atoms with Crippen LogP contribution in [0.5, 0.6) is 0 Å². The minimum absolute atomic E-state index is 0.0706. The topological polar surface area (TPSA) is 92.7 Å². The van der Waals surface area contributed by atoms with E-state index >= 15 is 0 Å². The maximum absolute atomic E-state index is 12.4. The lowest BCUT2D eigenvalue weighted by Gasteiger charge is -2.36. The van der Waals surface area contributed by atoms with Gasteiger partial charge in [-0.2, -0.15) is 0 Å². The summed E-state index contributed by atoms with van der Waals surface area (Å²) < 4.78 is 5.25. The average molecular weight is 305 g/mol. The molecule has 1 fully saturated rings. The zero-order chi connectivity index (χ0) is 16.2. The van der Waals surface area contributed by atoms with Crippen molar-refractivity contribution in [3.63, 3.8) is 0 Å². The van der Waals surface area contributed by atoms with Crippen molar-refractivity contribution in [3.8, 4) is 0 Å². The third-order valence-electron chi connectivity index (χ3n) is 3.87. The summed E-state index contributed by atoms with van der Waals surface area (Å²) in [7, 11) is 0. The minimum Gasteiger partial charge on any atom is -0.481 e. The molecule has 118 valence electrons. The van der Waals surface area contributed by atoms with Gasteiger partial charge in [-0.15, -0.1) is 0 Å². The van der Waals surface area contributed by atoms with Crippen LogP contribution >= 0.6 is 0 Å². The van der Waals surface area contributed by atoms with Crippen LogP contribution in [-0.4, -0.2) is 41.5 Å². The van der Waals surface area contributed by atoms with Crippen LogP contribution in [0.2, 0.25) is 0 Å². The number of carboxylic acids is 1. The Bertz CT molecular complexity index is 573. The number of hydrogen-bond acceptors (Lipinski definition) is 4. The van der Waals surface area contributed by atoms with Gasteiger partial charge in [0.2, 0.25) is 0 Å². The van der Waals surface area contributed by atoms with E-state index in [0.717, 1.165) is 0 Å². The molecule has 1 aliphatic rings. The van der Waals surface area contributed by atoms with Gasteiger partial charge in [0, 0.05) is 24.3 Å². The Morgan fingerprint density at radius 2 is 1.68 bits per heavy atom. The fourth-order valence-corrected chi connectivity index (χ4v) is 2.57. The quantitative estimate of drug-likeness (QED) is 0.807. The number of ketones is 1. The molecule has 1 amide bonds. The van der Waals surface area contributed by atoms with Crippen molar-refractivity contribution < 1.29 is 24.2 Å². The lowest BCUT2D eigenvalue weighted by atomic mass is 9.86. The van der Waals surface area contributed by atoms with E-state index in [0.29, 0.717) is 37.2 Å². The Morgan fingerprint density at radius 1 is 1.14 bits per heavy atom. The van der Waals surface area contributed by atoms with Gasteiger partial charge in [0.25, 0.3) is 5.91 Å². The van der Waals surface area contributed by atoms with E-state index in [1.807, 2.05) is 0 Å². The van der Waals surface area contributed by atoms with Crippen LogP contribution in [0, 0.1) is 0 Å². The SMILES string of the molecule is CC(=O)c1ccc(C(=O)NC2(CC(=O)O)CCOCC2)cc1. The molecular formula is C16H19NO5. The first kappa shape index (κ1) is 16.2. The van der Waals surface area contributed by atoms with Gasteiger partial charge in [-0.05, 0) is 31.9 Å². The van der Waals surface area contributed by atoms with E-state index in [2.05, 4.69) is 5.32 Å². The number of amides is 1. The number of nitrogens with one attached hydrogen (secondary N) is 1. The first-order valence-corrected chi connectivity index (χ1v) is 7.15. The lowest BCUT2D eigenvalue weighted by molar-refractivity contribution is -0.139. The van der Waals surface area contributed by atoms with E-state index in [4.69, 9.17) is 9.84 Å². The zero-order valence-electron chi connectivity index (χ0n) is 12.4. The molecule has 0 atom stereocenters. The number of rotatable bonds is 5. The summed E-state index contributed by atoms with van der Waals surface area (Å²) in [4.78, 5) is 34.7. The molecule has 2 rings (SSSR count). The average Bonchev–Trinajstić information content (AvgIpc) is 2.47. The molecule has 0 radical (unpaired) electrons. The van der Waals surface area contributed by atoms with Crippen molar-refractivity contribution in [1.82, 2.24) is 5.32 Å². The number of carboxylic acid groups (broad SMARTS) is 1. The number of aliphatic carboxylic acids is 1. The van der Waals surface area contributed by atoms with Crippen LogP contribution in [0.3, 0.4) is 0 Å². The fourth-order valence-electron chi connectivity index (χ4n) is 2.57. The Morgan fingerprint density at radius 3 is 2.18 bits per heavy atom. The number of hydrogen-bond donors (Lipinski definition) is 2. The smallest absolute Gasteiger partial charge is 0.305 e. The number of carbonyl (C=O) groups is 3. The summed E-state index contributed by atoms with van der Waals surface area (Å²) in [6, 6.07) is 6.32. The van der Waals surface area contributed by atoms with E-state index < -0.39 is 11.5 Å². The second-order valence-electron chi connectivity index (χ2n) is 5.55. The highest BCUT2D eigenvalue weighted by molar-refractivity contribution is 5.98. The van der Waals surface area contributed by atoms with Crippen molar-refractivity contribution in [3.05, 3.63) is 35.4 Å². The predicted octanol–water partition coefficient (Wildman–Crippen LogP) is 1.64. The van der Waals surface area contributed by atoms with Crippen molar-refractivity contribution in [1.29, 1.82) is 0 Å². The Labute approximate surface area is 128 Å². The normalized spacial score (nSPS) is 16.8. The Kier molecular flexibility index (Phi) is 4.92. The Balaban J connectivity index is 2.13. The molecule has 0 aromatic heterocycles. The van der Waals surface area contributed by atoms with Gasteiger partial charge in [-0.3, -0.25) is 14.4 Å². The molecule has 2 N–H and O–H groups in total. The molecule has 0 spiro atoms. The van der Waals surface area contributed by atoms with Gasteiger partial charge in [-0.25, -0.2) is 0 Å². The number of carbonyl (C=O) groups excluding carboxylic acids is 2. The molecule has 1 aromatic carbocycles. The largest absolute Gasteiger partial charge is 0.481 e. The van der Waals surface area contributed by atoms with Gasteiger partial charge in [0.05, 0.1) is 12.0 Å². The molecule has 0 aliphatic carbocycles. The number of ether oxygens (including phenoxy) is 1. The molecule has 22 heavy (non-hydrogen) atoms. The van der Waals surface area contributed by atoms with E-state index in [-0.39, 0.29) is 18.1 Å². The van der Waals surface area contributed by atoms with Gasteiger partial charge >= 0.3 is 5.97 Å². The third-order valence-corrected chi connectivity index (χ3v) is 3.87. The van der Waals surface area contributed by atoms with E-state index in [9.17, 15) is 14.4 Å². The molecule has 1 aromatic rings. The van der Waals surface area contributed by atoms with Crippen LogP contribution in [0.4, 0.5) is 0 Å². The number of Topliss-reactive ketones (excluding diaryl/α,β-unsaturated/α-hetero) is 1. The lowest BCUT2D eigenvalue weighted by Crippen LogP contribution is -2.53. The van der Waals surface area contributed by atoms with E-state index in [1.54, 1.807) is 24.3 Å². The number of benzene rings is 1. The third kappa shape index (κ3) is 3.92.